The molecule has 1 aromatic carbocycles. The Balaban J connectivity index is 1.99. The molecule has 0 saturated heterocycles. The van der Waals surface area contributed by atoms with E-state index < -0.39 is 9.84 Å². The highest BCUT2D eigenvalue weighted by Crippen LogP contribution is 2.38. The van der Waals surface area contributed by atoms with Crippen LogP contribution in [0.2, 0.25) is 0 Å². The molecule has 1 saturated carbocycles. The van der Waals surface area contributed by atoms with Gasteiger partial charge in [0.15, 0.2) is 15.0 Å². The quantitative estimate of drug-likeness (QED) is 0.690. The lowest BCUT2D eigenvalue weighted by atomic mass is 9.86. The molecule has 1 heterocycles. The molecule has 0 aliphatic heterocycles. The molecule has 0 radical (unpaired) electrons. The third-order valence-corrected chi connectivity index (χ3v) is 7.14. The highest BCUT2D eigenvalue weighted by molar-refractivity contribution is 7.90. The first kappa shape index (κ1) is 20.0. The third kappa shape index (κ3) is 4.58. The summed E-state index contributed by atoms with van der Waals surface area (Å²) in [6.45, 7) is 1.88. The van der Waals surface area contributed by atoms with Crippen LogP contribution in [0, 0.1) is 0 Å². The molecule has 3 rings (SSSR count). The Hall–Kier alpha value is -1.73. The molecule has 1 aliphatic carbocycles. The molecule has 0 bridgehead atoms. The van der Waals surface area contributed by atoms with Crippen molar-refractivity contribution in [3.8, 4) is 0 Å². The molecule has 2 unspecified atom stereocenters. The molecule has 7 heteroatoms. The molecule has 5 nitrogen and oxygen atoms in total. The van der Waals surface area contributed by atoms with Gasteiger partial charge in [-0.2, -0.15) is 0 Å². The molecule has 2 atom stereocenters. The first-order valence-electron chi connectivity index (χ1n) is 9.43. The summed E-state index contributed by atoms with van der Waals surface area (Å²) in [5.41, 5.74) is 1.10. The van der Waals surface area contributed by atoms with Crippen molar-refractivity contribution in [3.63, 3.8) is 0 Å². The summed E-state index contributed by atoms with van der Waals surface area (Å²) in [5.74, 6) is 0.273. The fourth-order valence-electron chi connectivity index (χ4n) is 3.89. The minimum absolute atomic E-state index is 0.0511. The van der Waals surface area contributed by atoms with Crippen LogP contribution in [0.5, 0.6) is 0 Å². The summed E-state index contributed by atoms with van der Waals surface area (Å²) < 4.78 is 23.5. The van der Waals surface area contributed by atoms with Crippen LogP contribution in [0.1, 0.15) is 56.9 Å². The lowest BCUT2D eigenvalue weighted by Crippen LogP contribution is -2.43. The first-order chi connectivity index (χ1) is 12.9. The number of nitrogens with zero attached hydrogens (tertiary/aromatic N) is 2. The zero-order valence-corrected chi connectivity index (χ0v) is 17.4. The monoisotopic (exact) mass is 406 g/mol. The summed E-state index contributed by atoms with van der Waals surface area (Å²) in [7, 11) is -3.21. The number of amides is 1. The van der Waals surface area contributed by atoms with Crippen LogP contribution < -0.4 is 4.90 Å². The van der Waals surface area contributed by atoms with Gasteiger partial charge in [-0.1, -0.05) is 38.3 Å². The van der Waals surface area contributed by atoms with Crippen molar-refractivity contribution in [2.24, 2.45) is 0 Å². The summed E-state index contributed by atoms with van der Waals surface area (Å²) in [5, 5.41) is 2.66. The predicted octanol–water partition coefficient (Wildman–Crippen LogP) is 4.41. The van der Waals surface area contributed by atoms with Gasteiger partial charge in [0.25, 0.3) is 0 Å². The fourth-order valence-corrected chi connectivity index (χ4v) is 5.23. The second-order valence-electron chi connectivity index (χ2n) is 7.09. The Bertz CT molecular complexity index is 861. The van der Waals surface area contributed by atoms with Gasteiger partial charge in [0.05, 0.1) is 4.90 Å². The molecule has 0 N–H and O–H groups in total. The number of hydrogen-bond donors (Lipinski definition) is 0. The molecule has 1 fully saturated rings. The van der Waals surface area contributed by atoms with Gasteiger partial charge in [-0.3, -0.25) is 9.69 Å². The lowest BCUT2D eigenvalue weighted by Gasteiger charge is -2.35. The Morgan fingerprint density at radius 3 is 2.48 bits per heavy atom. The Morgan fingerprint density at radius 2 is 1.89 bits per heavy atom. The number of carbonyl (C=O) groups is 1. The van der Waals surface area contributed by atoms with E-state index in [0.717, 1.165) is 42.8 Å². The van der Waals surface area contributed by atoms with Gasteiger partial charge in [0, 0.05) is 36.2 Å². The van der Waals surface area contributed by atoms with E-state index in [2.05, 4.69) is 4.98 Å². The second-order valence-corrected chi connectivity index (χ2v) is 9.97. The number of carbonyl (C=O) groups excluding carboxylic acids is 1. The number of aromatic nitrogens is 1. The molecule has 2 aromatic rings. The predicted molar refractivity (Wildman–Crippen MR) is 109 cm³/mol. The maximum Gasteiger partial charge on any atom is 0.228 e. The minimum Gasteiger partial charge on any atom is -0.284 e. The second kappa shape index (κ2) is 8.52. The van der Waals surface area contributed by atoms with Crippen LogP contribution in [-0.2, 0) is 14.6 Å². The van der Waals surface area contributed by atoms with Gasteiger partial charge in [0.1, 0.15) is 0 Å². The lowest BCUT2D eigenvalue weighted by molar-refractivity contribution is -0.118. The van der Waals surface area contributed by atoms with Crippen molar-refractivity contribution in [1.29, 1.82) is 0 Å². The summed E-state index contributed by atoms with van der Waals surface area (Å²) in [4.78, 5) is 19.4. The summed E-state index contributed by atoms with van der Waals surface area (Å²) in [6.07, 6.45) is 8.67. The van der Waals surface area contributed by atoms with Crippen LogP contribution in [0.4, 0.5) is 5.13 Å². The molecular formula is C20H26N2O3S2. The number of thiazole rings is 1. The van der Waals surface area contributed by atoms with Gasteiger partial charge < -0.3 is 0 Å². The van der Waals surface area contributed by atoms with Crippen molar-refractivity contribution in [3.05, 3.63) is 41.4 Å². The van der Waals surface area contributed by atoms with Gasteiger partial charge in [-0.15, -0.1) is 11.3 Å². The summed E-state index contributed by atoms with van der Waals surface area (Å²) >= 11 is 1.49. The topological polar surface area (TPSA) is 67.3 Å². The number of hydrogen-bond acceptors (Lipinski definition) is 5. The van der Waals surface area contributed by atoms with Gasteiger partial charge in [-0.25, -0.2) is 13.4 Å². The zero-order chi connectivity index (χ0) is 19.4. The summed E-state index contributed by atoms with van der Waals surface area (Å²) in [6, 6.07) is 7.24. The number of benzene rings is 1. The van der Waals surface area contributed by atoms with Gasteiger partial charge in [-0.05, 0) is 30.5 Å². The maximum absolute atomic E-state index is 12.8. The van der Waals surface area contributed by atoms with Gasteiger partial charge >= 0.3 is 0 Å². The Labute approximate surface area is 165 Å². The first-order valence-corrected chi connectivity index (χ1v) is 12.2. The largest absolute Gasteiger partial charge is 0.284 e. The highest BCUT2D eigenvalue weighted by atomic mass is 32.2. The van der Waals surface area contributed by atoms with Crippen LogP contribution in [0.15, 0.2) is 40.7 Å². The molecule has 0 spiro atoms. The van der Waals surface area contributed by atoms with E-state index in [-0.39, 0.29) is 17.9 Å². The average Bonchev–Trinajstić information content (AvgIpc) is 3.06. The van der Waals surface area contributed by atoms with Gasteiger partial charge in [0.2, 0.25) is 5.91 Å². The van der Waals surface area contributed by atoms with Crippen LogP contribution in [-0.4, -0.2) is 31.6 Å². The van der Waals surface area contributed by atoms with Crippen molar-refractivity contribution < 1.29 is 13.2 Å². The van der Waals surface area contributed by atoms with E-state index in [4.69, 9.17) is 0 Å². The number of sulfone groups is 1. The molecule has 146 valence electrons. The molecule has 1 aliphatic rings. The molecular weight excluding hydrogens is 380 g/mol. The van der Waals surface area contributed by atoms with E-state index in [1.165, 1.54) is 17.6 Å². The SMILES string of the molecule is CCC(=O)N(c1nccs1)C1CCCCCC1c1ccc(S(C)(=O)=O)cc1. The minimum atomic E-state index is -3.21. The maximum atomic E-state index is 12.8. The van der Waals surface area contributed by atoms with E-state index >= 15 is 0 Å². The number of rotatable bonds is 5. The van der Waals surface area contributed by atoms with E-state index in [0.29, 0.717) is 11.3 Å². The molecule has 27 heavy (non-hydrogen) atoms. The average molecular weight is 407 g/mol. The van der Waals surface area contributed by atoms with Crippen LogP contribution in [0.3, 0.4) is 0 Å². The molecule has 1 aromatic heterocycles. The van der Waals surface area contributed by atoms with Crippen LogP contribution in [0.25, 0.3) is 0 Å². The molecule has 1 amide bonds. The smallest absolute Gasteiger partial charge is 0.228 e. The van der Waals surface area contributed by atoms with E-state index in [1.807, 2.05) is 29.3 Å². The van der Waals surface area contributed by atoms with Crippen molar-refractivity contribution in [2.75, 3.05) is 11.2 Å². The fraction of sp³-hybridized carbons (Fsp3) is 0.500. The van der Waals surface area contributed by atoms with Crippen LogP contribution >= 0.6 is 11.3 Å². The number of anilines is 1. The highest BCUT2D eigenvalue weighted by Gasteiger charge is 2.34. The van der Waals surface area contributed by atoms with Crippen molar-refractivity contribution in [2.45, 2.75) is 62.3 Å². The van der Waals surface area contributed by atoms with E-state index in [9.17, 15) is 13.2 Å². The zero-order valence-electron chi connectivity index (χ0n) is 15.8. The standard InChI is InChI=1S/C20H26N2O3S2/c1-3-19(23)22(20-21-13-14-26-20)18-8-6-4-5-7-17(18)15-9-11-16(12-10-15)27(2,24)25/h9-14,17-18H,3-8H2,1-2H3. The Morgan fingerprint density at radius 1 is 1.19 bits per heavy atom. The van der Waals surface area contributed by atoms with Crippen molar-refractivity contribution >= 4 is 32.2 Å². The Kier molecular flexibility index (Phi) is 6.32. The van der Waals surface area contributed by atoms with Crippen molar-refractivity contribution in [1.82, 2.24) is 4.98 Å². The third-order valence-electron chi connectivity index (χ3n) is 5.24. The van der Waals surface area contributed by atoms with E-state index in [1.54, 1.807) is 18.3 Å². The normalized spacial score (nSPS) is 20.8.